The second-order valence-corrected chi connectivity index (χ2v) is 8.55. The Morgan fingerprint density at radius 2 is 2.17 bits per heavy atom. The molecule has 1 aliphatic rings. The van der Waals surface area contributed by atoms with Crippen molar-refractivity contribution < 1.29 is 13.5 Å². The molecule has 0 amide bonds. The van der Waals surface area contributed by atoms with Gasteiger partial charge in [-0.3, -0.25) is 4.68 Å². The van der Waals surface area contributed by atoms with Crippen LogP contribution < -0.4 is 4.72 Å². The number of hydrogen-bond acceptors (Lipinski definition) is 5. The molecule has 2 rings (SSSR count). The monoisotopic (exact) mass is 344 g/mol. The molecule has 1 fully saturated rings. The minimum atomic E-state index is -3.14. The molecule has 1 aliphatic heterocycles. The maximum atomic E-state index is 11.5. The van der Waals surface area contributed by atoms with Crippen molar-refractivity contribution in [2.75, 3.05) is 38.5 Å². The van der Waals surface area contributed by atoms with Crippen molar-refractivity contribution in [3.8, 4) is 0 Å². The number of likely N-dealkylation sites (tertiary alicyclic amines) is 1. The van der Waals surface area contributed by atoms with Gasteiger partial charge < -0.3 is 10.0 Å². The third kappa shape index (κ3) is 4.76. The Kier molecular flexibility index (Phi) is 6.19. The first-order chi connectivity index (χ1) is 10.9. The highest BCUT2D eigenvalue weighted by atomic mass is 32.2. The summed E-state index contributed by atoms with van der Waals surface area (Å²) < 4.78 is 27.5. The van der Waals surface area contributed by atoms with E-state index >= 15 is 0 Å². The van der Waals surface area contributed by atoms with Gasteiger partial charge in [0.15, 0.2) is 0 Å². The van der Waals surface area contributed by atoms with Gasteiger partial charge in [-0.15, -0.1) is 0 Å². The molecule has 8 heteroatoms. The Morgan fingerprint density at radius 1 is 1.43 bits per heavy atom. The van der Waals surface area contributed by atoms with Crippen LogP contribution in [0.1, 0.15) is 38.3 Å². The van der Waals surface area contributed by atoms with E-state index in [1.807, 2.05) is 10.9 Å². The van der Waals surface area contributed by atoms with Crippen LogP contribution in [0.4, 0.5) is 0 Å². The number of sulfonamides is 1. The van der Waals surface area contributed by atoms with Crippen LogP contribution in [0.2, 0.25) is 0 Å². The first-order valence-electron chi connectivity index (χ1n) is 8.21. The highest BCUT2D eigenvalue weighted by molar-refractivity contribution is 7.89. The summed E-state index contributed by atoms with van der Waals surface area (Å²) in [5.74, 6) is 0.515. The number of rotatable bonds is 8. The summed E-state index contributed by atoms with van der Waals surface area (Å²) in [5.41, 5.74) is 1.15. The zero-order valence-electron chi connectivity index (χ0n) is 14.1. The van der Waals surface area contributed by atoms with Crippen molar-refractivity contribution in [2.24, 2.45) is 5.92 Å². The fourth-order valence-corrected chi connectivity index (χ4v) is 3.60. The number of aliphatic hydroxyl groups is 1. The maximum absolute atomic E-state index is 11.5. The molecular weight excluding hydrogens is 316 g/mol. The van der Waals surface area contributed by atoms with Crippen molar-refractivity contribution >= 4 is 10.0 Å². The van der Waals surface area contributed by atoms with Crippen molar-refractivity contribution in [2.45, 2.75) is 32.7 Å². The minimum absolute atomic E-state index is 0.100. The Bertz CT molecular complexity index is 600. The Morgan fingerprint density at radius 3 is 2.74 bits per heavy atom. The van der Waals surface area contributed by atoms with Crippen molar-refractivity contribution in [3.63, 3.8) is 0 Å². The van der Waals surface area contributed by atoms with Crippen LogP contribution >= 0.6 is 0 Å². The topological polar surface area (TPSA) is 87.5 Å². The number of nitrogens with zero attached hydrogens (tertiary/aromatic N) is 3. The van der Waals surface area contributed by atoms with Gasteiger partial charge in [-0.25, -0.2) is 13.1 Å². The standard InChI is InChI=1S/C15H28N4O3S/c1-4-23(21,22)17-5-6-18-8-14(11-20)15(10-18)13-7-16-19(9-13)12(2)3/h7,9,12,14-15,17,20H,4-6,8,10-11H2,1-3H3/t14-,15-/m0/s1. The van der Waals surface area contributed by atoms with Gasteiger partial charge >= 0.3 is 0 Å². The molecule has 0 unspecified atom stereocenters. The lowest BCUT2D eigenvalue weighted by atomic mass is 9.92. The summed E-state index contributed by atoms with van der Waals surface area (Å²) in [6, 6.07) is 0.317. The number of aliphatic hydroxyl groups excluding tert-OH is 1. The van der Waals surface area contributed by atoms with Crippen LogP contribution in [0.15, 0.2) is 12.4 Å². The summed E-state index contributed by atoms with van der Waals surface area (Å²) in [6.07, 6.45) is 3.94. The summed E-state index contributed by atoms with van der Waals surface area (Å²) in [6.45, 7) is 8.60. The highest BCUT2D eigenvalue weighted by Gasteiger charge is 2.34. The molecule has 23 heavy (non-hydrogen) atoms. The summed E-state index contributed by atoms with van der Waals surface area (Å²) in [7, 11) is -3.14. The largest absolute Gasteiger partial charge is 0.396 e. The third-order valence-electron chi connectivity index (χ3n) is 4.46. The molecule has 0 aliphatic carbocycles. The van der Waals surface area contributed by atoms with Crippen molar-refractivity contribution in [3.05, 3.63) is 18.0 Å². The molecule has 2 atom stereocenters. The van der Waals surface area contributed by atoms with Crippen LogP contribution in [0, 0.1) is 5.92 Å². The van der Waals surface area contributed by atoms with E-state index in [1.54, 1.807) is 6.92 Å². The summed E-state index contributed by atoms with van der Waals surface area (Å²) in [5, 5.41) is 14.0. The van der Waals surface area contributed by atoms with E-state index in [1.165, 1.54) is 0 Å². The quantitative estimate of drug-likeness (QED) is 0.713. The fraction of sp³-hybridized carbons (Fsp3) is 0.800. The Hall–Kier alpha value is -0.960. The predicted octanol–water partition coefficient (Wildman–Crippen LogP) is 0.411. The van der Waals surface area contributed by atoms with Gasteiger partial charge in [0.1, 0.15) is 0 Å². The molecule has 0 aromatic carbocycles. The van der Waals surface area contributed by atoms with Gasteiger partial charge in [-0.2, -0.15) is 5.10 Å². The number of hydrogen-bond donors (Lipinski definition) is 2. The van der Waals surface area contributed by atoms with Gasteiger partial charge in [0, 0.05) is 56.9 Å². The molecule has 0 bridgehead atoms. The smallest absolute Gasteiger partial charge is 0.211 e. The Labute approximate surface area is 138 Å². The molecular formula is C15H28N4O3S. The fourth-order valence-electron chi connectivity index (χ4n) is 2.99. The molecule has 2 N–H and O–H groups in total. The summed E-state index contributed by atoms with van der Waals surface area (Å²) >= 11 is 0. The lowest BCUT2D eigenvalue weighted by Gasteiger charge is -2.15. The van der Waals surface area contributed by atoms with E-state index in [4.69, 9.17) is 0 Å². The number of nitrogens with one attached hydrogen (secondary N) is 1. The maximum Gasteiger partial charge on any atom is 0.211 e. The lowest BCUT2D eigenvalue weighted by Crippen LogP contribution is -2.34. The minimum Gasteiger partial charge on any atom is -0.396 e. The van der Waals surface area contributed by atoms with Gasteiger partial charge in [0.05, 0.1) is 11.9 Å². The molecule has 2 heterocycles. The molecule has 7 nitrogen and oxygen atoms in total. The van der Waals surface area contributed by atoms with Crippen LogP contribution in [0.25, 0.3) is 0 Å². The molecule has 1 aromatic heterocycles. The van der Waals surface area contributed by atoms with Crippen LogP contribution in [0.5, 0.6) is 0 Å². The van der Waals surface area contributed by atoms with Gasteiger partial charge in [-0.1, -0.05) is 0 Å². The van der Waals surface area contributed by atoms with Gasteiger partial charge in [-0.05, 0) is 26.3 Å². The Balaban J connectivity index is 1.94. The second kappa shape index (κ2) is 7.74. The normalized spacial score (nSPS) is 23.0. The van der Waals surface area contributed by atoms with Crippen LogP contribution in [-0.4, -0.2) is 66.7 Å². The zero-order valence-corrected chi connectivity index (χ0v) is 15.0. The van der Waals surface area contributed by atoms with E-state index in [2.05, 4.69) is 34.8 Å². The second-order valence-electron chi connectivity index (χ2n) is 6.45. The average molecular weight is 344 g/mol. The molecule has 1 saturated heterocycles. The molecule has 1 aromatic rings. The molecule has 132 valence electrons. The first kappa shape index (κ1) is 18.4. The predicted molar refractivity (Wildman–Crippen MR) is 89.8 cm³/mol. The SMILES string of the molecule is CCS(=O)(=O)NCCN1C[C@@H](CO)[C@H](c2cnn(C(C)C)c2)C1. The first-order valence-corrected chi connectivity index (χ1v) is 9.86. The van der Waals surface area contributed by atoms with E-state index < -0.39 is 10.0 Å². The van der Waals surface area contributed by atoms with Crippen molar-refractivity contribution in [1.82, 2.24) is 19.4 Å². The van der Waals surface area contributed by atoms with E-state index in [9.17, 15) is 13.5 Å². The van der Waals surface area contributed by atoms with E-state index in [-0.39, 0.29) is 24.2 Å². The van der Waals surface area contributed by atoms with Gasteiger partial charge in [0.2, 0.25) is 10.0 Å². The summed E-state index contributed by atoms with van der Waals surface area (Å²) in [4.78, 5) is 2.20. The van der Waals surface area contributed by atoms with Crippen molar-refractivity contribution in [1.29, 1.82) is 0 Å². The zero-order chi connectivity index (χ0) is 17.0. The van der Waals surface area contributed by atoms with Gasteiger partial charge in [0.25, 0.3) is 0 Å². The third-order valence-corrected chi connectivity index (χ3v) is 5.86. The number of aromatic nitrogens is 2. The highest BCUT2D eigenvalue weighted by Crippen LogP contribution is 2.32. The average Bonchev–Trinajstić information content (AvgIpc) is 3.13. The molecule has 0 saturated carbocycles. The molecule has 0 radical (unpaired) electrons. The molecule has 0 spiro atoms. The van der Waals surface area contributed by atoms with E-state index in [0.29, 0.717) is 19.1 Å². The lowest BCUT2D eigenvalue weighted by molar-refractivity contribution is 0.215. The van der Waals surface area contributed by atoms with Crippen LogP contribution in [-0.2, 0) is 10.0 Å². The van der Waals surface area contributed by atoms with Crippen LogP contribution in [0.3, 0.4) is 0 Å². The van der Waals surface area contributed by atoms with E-state index in [0.717, 1.165) is 18.7 Å².